The molecule has 0 saturated heterocycles. The Labute approximate surface area is 197 Å². The Kier molecular flexibility index (Phi) is 10.8. The van der Waals surface area contributed by atoms with Crippen LogP contribution in [0.25, 0.3) is 0 Å². The summed E-state index contributed by atoms with van der Waals surface area (Å²) in [6, 6.07) is 10.9. The average Bonchev–Trinajstić information content (AvgIpc) is 2.74. The summed E-state index contributed by atoms with van der Waals surface area (Å²) in [5.74, 6) is 0.555. The summed E-state index contributed by atoms with van der Waals surface area (Å²) < 4.78 is 73.0. The molecule has 0 fully saturated rings. The minimum absolute atomic E-state index is 0.0380. The number of hydrogen-bond donors (Lipinski definition) is 2. The number of benzene rings is 2. The molecule has 9 heteroatoms. The molecule has 2 aromatic rings. The fourth-order valence-corrected chi connectivity index (χ4v) is 5.88. The van der Waals surface area contributed by atoms with Gasteiger partial charge in [-0.3, -0.25) is 9.11 Å². The van der Waals surface area contributed by atoms with E-state index in [1.165, 1.54) is 38.2 Å². The van der Waals surface area contributed by atoms with Crippen LogP contribution in [0.2, 0.25) is 0 Å². The Morgan fingerprint density at radius 1 is 0.697 bits per heavy atom. The van der Waals surface area contributed by atoms with Crippen LogP contribution in [-0.2, 0) is 26.7 Å². The van der Waals surface area contributed by atoms with Gasteiger partial charge in [0.2, 0.25) is 0 Å². The number of ether oxygens (including phenoxy) is 1. The van der Waals surface area contributed by atoms with Crippen molar-refractivity contribution in [3.63, 3.8) is 0 Å². The van der Waals surface area contributed by atoms with Crippen molar-refractivity contribution < 1.29 is 30.7 Å². The van der Waals surface area contributed by atoms with Crippen LogP contribution in [0.3, 0.4) is 0 Å². The van der Waals surface area contributed by atoms with Crippen molar-refractivity contribution in [1.29, 1.82) is 0 Å². The van der Waals surface area contributed by atoms with Gasteiger partial charge in [-0.25, -0.2) is 0 Å². The summed E-state index contributed by atoms with van der Waals surface area (Å²) in [6.07, 6.45) is 11.0. The molecule has 0 bridgehead atoms. The van der Waals surface area contributed by atoms with E-state index in [1.807, 2.05) is 0 Å². The lowest BCUT2D eigenvalue weighted by Gasteiger charge is -2.16. The molecule has 0 aliphatic carbocycles. The zero-order valence-electron chi connectivity index (χ0n) is 19.1. The Balaban J connectivity index is 2.17. The summed E-state index contributed by atoms with van der Waals surface area (Å²) >= 11 is 0. The van der Waals surface area contributed by atoms with Gasteiger partial charge in [-0.15, -0.1) is 0 Å². The molecule has 0 aromatic heterocycles. The normalized spacial score (nSPS) is 12.1. The standard InChI is InChI=1S/C24H34O7S2/c1-2-3-4-5-6-7-8-9-10-14-17-21-22(31-20-15-12-11-13-16-20)18-19-23(32(25,26)27)24(21)33(28,29)30/h11-13,15-16,18-19H,2-10,14,17H2,1H3,(H,25,26,27)(H,28,29,30). The van der Waals surface area contributed by atoms with E-state index in [2.05, 4.69) is 6.92 Å². The molecule has 7 nitrogen and oxygen atoms in total. The smallest absolute Gasteiger partial charge is 0.296 e. The Hall–Kier alpha value is -1.94. The molecule has 0 unspecified atom stereocenters. The first kappa shape index (κ1) is 27.3. The predicted molar refractivity (Wildman–Crippen MR) is 128 cm³/mol. The second-order valence-electron chi connectivity index (χ2n) is 8.17. The molecule has 0 aliphatic heterocycles. The van der Waals surface area contributed by atoms with Crippen LogP contribution in [0.15, 0.2) is 52.3 Å². The van der Waals surface area contributed by atoms with E-state index in [0.29, 0.717) is 12.2 Å². The Morgan fingerprint density at radius 3 is 1.76 bits per heavy atom. The van der Waals surface area contributed by atoms with E-state index in [0.717, 1.165) is 31.7 Å². The number of para-hydroxylation sites is 1. The highest BCUT2D eigenvalue weighted by Crippen LogP contribution is 2.36. The van der Waals surface area contributed by atoms with Crippen molar-refractivity contribution in [2.45, 2.75) is 87.3 Å². The molecule has 0 spiro atoms. The summed E-state index contributed by atoms with van der Waals surface area (Å²) in [5, 5.41) is 0. The summed E-state index contributed by atoms with van der Waals surface area (Å²) in [7, 11) is -9.82. The minimum atomic E-state index is -4.94. The van der Waals surface area contributed by atoms with Crippen LogP contribution in [0.5, 0.6) is 11.5 Å². The van der Waals surface area contributed by atoms with Gasteiger partial charge in [0.05, 0.1) is 0 Å². The van der Waals surface area contributed by atoms with Crippen LogP contribution < -0.4 is 4.74 Å². The van der Waals surface area contributed by atoms with Crippen LogP contribution in [0, 0.1) is 0 Å². The van der Waals surface area contributed by atoms with Crippen LogP contribution in [0.4, 0.5) is 0 Å². The third-order valence-corrected chi connectivity index (χ3v) is 7.48. The lowest BCUT2D eigenvalue weighted by atomic mass is 10.0. The third-order valence-electron chi connectivity index (χ3n) is 5.47. The summed E-state index contributed by atoms with van der Waals surface area (Å²) in [6.45, 7) is 2.19. The Morgan fingerprint density at radius 2 is 1.24 bits per heavy atom. The van der Waals surface area contributed by atoms with Gasteiger partial charge < -0.3 is 4.74 Å². The fraction of sp³-hybridized carbons (Fsp3) is 0.500. The first-order valence-electron chi connectivity index (χ1n) is 11.5. The van der Waals surface area contributed by atoms with Crippen LogP contribution in [-0.4, -0.2) is 25.9 Å². The van der Waals surface area contributed by atoms with Crippen LogP contribution >= 0.6 is 0 Å². The van der Waals surface area contributed by atoms with Gasteiger partial charge in [-0.2, -0.15) is 16.8 Å². The lowest BCUT2D eigenvalue weighted by Crippen LogP contribution is -2.12. The molecule has 0 radical (unpaired) electrons. The molecule has 184 valence electrons. The van der Waals surface area contributed by atoms with Crippen LogP contribution in [0.1, 0.15) is 76.7 Å². The van der Waals surface area contributed by atoms with Gasteiger partial charge in [-0.05, 0) is 37.1 Å². The van der Waals surface area contributed by atoms with Crippen molar-refractivity contribution in [2.75, 3.05) is 0 Å². The number of hydrogen-bond acceptors (Lipinski definition) is 5. The molecular weight excluding hydrogens is 464 g/mol. The first-order valence-corrected chi connectivity index (χ1v) is 14.4. The molecule has 0 saturated carbocycles. The lowest BCUT2D eigenvalue weighted by molar-refractivity contribution is 0.451. The molecule has 33 heavy (non-hydrogen) atoms. The molecule has 2 N–H and O–H groups in total. The van der Waals surface area contributed by atoms with Crippen molar-refractivity contribution in [3.05, 3.63) is 48.0 Å². The highest BCUT2D eigenvalue weighted by molar-refractivity contribution is 7.89. The third kappa shape index (κ3) is 9.08. The largest absolute Gasteiger partial charge is 0.457 e. The maximum absolute atomic E-state index is 12.1. The van der Waals surface area contributed by atoms with Gasteiger partial charge in [0, 0.05) is 5.56 Å². The van der Waals surface area contributed by atoms with E-state index in [9.17, 15) is 25.9 Å². The van der Waals surface area contributed by atoms with Crippen molar-refractivity contribution in [3.8, 4) is 11.5 Å². The molecule has 0 aliphatic rings. The quantitative estimate of drug-likeness (QED) is 0.214. The monoisotopic (exact) mass is 498 g/mol. The average molecular weight is 499 g/mol. The topological polar surface area (TPSA) is 118 Å². The van der Waals surface area contributed by atoms with Gasteiger partial charge in [0.1, 0.15) is 21.3 Å². The number of rotatable bonds is 15. The second-order valence-corrected chi connectivity index (χ2v) is 10.9. The van der Waals surface area contributed by atoms with E-state index < -0.39 is 30.0 Å². The van der Waals surface area contributed by atoms with E-state index in [-0.39, 0.29) is 17.7 Å². The second kappa shape index (κ2) is 13.1. The minimum Gasteiger partial charge on any atom is -0.457 e. The van der Waals surface area contributed by atoms with Gasteiger partial charge in [0.25, 0.3) is 20.2 Å². The predicted octanol–water partition coefficient (Wildman–Crippen LogP) is 6.44. The SMILES string of the molecule is CCCCCCCCCCCCc1c(Oc2ccccc2)ccc(S(=O)(=O)O)c1S(=O)(=O)O. The molecule has 0 heterocycles. The van der Waals surface area contributed by atoms with E-state index in [1.54, 1.807) is 30.3 Å². The van der Waals surface area contributed by atoms with Gasteiger partial charge >= 0.3 is 0 Å². The van der Waals surface area contributed by atoms with E-state index in [4.69, 9.17) is 4.74 Å². The first-order chi connectivity index (χ1) is 15.6. The van der Waals surface area contributed by atoms with Gasteiger partial charge in [-0.1, -0.05) is 82.9 Å². The Bertz CT molecular complexity index is 1080. The molecule has 0 atom stereocenters. The fourth-order valence-electron chi connectivity index (χ4n) is 3.81. The molecule has 2 aromatic carbocycles. The highest BCUT2D eigenvalue weighted by Gasteiger charge is 2.29. The van der Waals surface area contributed by atoms with E-state index >= 15 is 0 Å². The van der Waals surface area contributed by atoms with Crippen molar-refractivity contribution in [2.24, 2.45) is 0 Å². The van der Waals surface area contributed by atoms with Crippen molar-refractivity contribution >= 4 is 20.2 Å². The molecule has 0 amide bonds. The highest BCUT2D eigenvalue weighted by atomic mass is 32.2. The zero-order chi connectivity index (χ0) is 24.3. The van der Waals surface area contributed by atoms with Crippen molar-refractivity contribution in [1.82, 2.24) is 0 Å². The maximum atomic E-state index is 12.1. The molecular formula is C24H34O7S2. The summed E-state index contributed by atoms with van der Waals surface area (Å²) in [4.78, 5) is -1.68. The molecule has 2 rings (SSSR count). The maximum Gasteiger partial charge on any atom is 0.296 e. The number of unbranched alkanes of at least 4 members (excludes halogenated alkanes) is 9. The zero-order valence-corrected chi connectivity index (χ0v) is 20.7. The summed E-state index contributed by atoms with van der Waals surface area (Å²) in [5.41, 5.74) is 0.0380. The van der Waals surface area contributed by atoms with Gasteiger partial charge in [0.15, 0.2) is 0 Å².